The summed E-state index contributed by atoms with van der Waals surface area (Å²) < 4.78 is 26.8. The van der Waals surface area contributed by atoms with E-state index >= 15 is 0 Å². The second-order valence-corrected chi connectivity index (χ2v) is 6.65. The molecular formula is C10H12N4O2S2. The number of hydrogen-bond donors (Lipinski definition) is 2. The van der Waals surface area contributed by atoms with E-state index in [0.717, 1.165) is 10.4 Å². The zero-order valence-corrected chi connectivity index (χ0v) is 11.3. The number of aromatic nitrogens is 2. The molecule has 2 heterocycles. The Morgan fingerprint density at radius 3 is 2.61 bits per heavy atom. The van der Waals surface area contributed by atoms with Gasteiger partial charge < -0.3 is 5.73 Å². The van der Waals surface area contributed by atoms with E-state index in [2.05, 4.69) is 14.7 Å². The molecule has 6 nitrogen and oxygen atoms in total. The second kappa shape index (κ2) is 5.01. The van der Waals surface area contributed by atoms with Crippen molar-refractivity contribution in [3.63, 3.8) is 0 Å². The Balaban J connectivity index is 2.31. The Bertz CT molecular complexity index is 637. The molecule has 0 bridgehead atoms. The number of aryl methyl sites for hydroxylation is 1. The number of thiophene rings is 1. The molecule has 0 atom stereocenters. The third kappa shape index (κ3) is 2.66. The molecule has 0 unspecified atom stereocenters. The number of nitrogens with two attached hydrogens (primary N) is 1. The summed E-state index contributed by atoms with van der Waals surface area (Å²) in [5.41, 5.74) is 6.75. The molecule has 0 amide bonds. The van der Waals surface area contributed by atoms with Crippen LogP contribution in [0.2, 0.25) is 0 Å². The molecule has 2 aromatic rings. The number of anilines is 1. The first-order valence-corrected chi connectivity index (χ1v) is 7.40. The maximum Gasteiger partial charge on any atom is 0.271 e. The van der Waals surface area contributed by atoms with Crippen LogP contribution in [0, 0.1) is 6.92 Å². The Hall–Kier alpha value is -1.51. The van der Waals surface area contributed by atoms with Gasteiger partial charge >= 0.3 is 0 Å². The van der Waals surface area contributed by atoms with Gasteiger partial charge in [0.05, 0.1) is 18.1 Å². The van der Waals surface area contributed by atoms with E-state index in [1.807, 2.05) is 6.92 Å². The first-order chi connectivity index (χ1) is 8.53. The van der Waals surface area contributed by atoms with Crippen LogP contribution in [0.3, 0.4) is 0 Å². The summed E-state index contributed by atoms with van der Waals surface area (Å²) in [7, 11) is -3.59. The Labute approximate surface area is 109 Å². The first kappa shape index (κ1) is 12.9. The molecule has 0 saturated carbocycles. The molecule has 0 spiro atoms. The van der Waals surface area contributed by atoms with E-state index in [1.54, 1.807) is 6.07 Å². The zero-order chi connectivity index (χ0) is 13.2. The third-order valence-corrected chi connectivity index (χ3v) is 5.38. The van der Waals surface area contributed by atoms with Crippen molar-refractivity contribution in [2.75, 3.05) is 4.72 Å². The van der Waals surface area contributed by atoms with E-state index in [-0.39, 0.29) is 4.21 Å². The van der Waals surface area contributed by atoms with E-state index in [4.69, 9.17) is 5.73 Å². The van der Waals surface area contributed by atoms with Gasteiger partial charge in [0.1, 0.15) is 10.5 Å². The number of rotatable bonds is 4. The molecule has 3 N–H and O–H groups in total. The average molecular weight is 284 g/mol. The van der Waals surface area contributed by atoms with Crippen LogP contribution in [0.5, 0.6) is 0 Å². The van der Waals surface area contributed by atoms with Gasteiger partial charge in [0.2, 0.25) is 0 Å². The summed E-state index contributed by atoms with van der Waals surface area (Å²) in [6.07, 6.45) is 4.13. The highest BCUT2D eigenvalue weighted by Gasteiger charge is 2.18. The van der Waals surface area contributed by atoms with E-state index in [1.165, 1.54) is 30.1 Å². The Morgan fingerprint density at radius 2 is 2.06 bits per heavy atom. The lowest BCUT2D eigenvalue weighted by atomic mass is 10.3. The van der Waals surface area contributed by atoms with Crippen molar-refractivity contribution < 1.29 is 8.42 Å². The van der Waals surface area contributed by atoms with Crippen LogP contribution in [-0.4, -0.2) is 18.4 Å². The highest BCUT2D eigenvalue weighted by molar-refractivity contribution is 7.94. The minimum absolute atomic E-state index is 0.240. The number of hydrogen-bond acceptors (Lipinski definition) is 6. The number of sulfonamides is 1. The van der Waals surface area contributed by atoms with Gasteiger partial charge in [0, 0.05) is 11.4 Å². The minimum atomic E-state index is -3.59. The van der Waals surface area contributed by atoms with Crippen molar-refractivity contribution in [3.8, 4) is 0 Å². The number of nitrogens with one attached hydrogen (secondary N) is 1. The fraction of sp³-hybridized carbons (Fsp3) is 0.200. The molecule has 0 radical (unpaired) electrons. The van der Waals surface area contributed by atoms with Gasteiger partial charge in [-0.1, -0.05) is 0 Å². The lowest BCUT2D eigenvalue weighted by Gasteiger charge is -2.04. The van der Waals surface area contributed by atoms with Crippen LogP contribution in [0.1, 0.15) is 10.4 Å². The van der Waals surface area contributed by atoms with Crippen molar-refractivity contribution in [2.45, 2.75) is 17.7 Å². The summed E-state index contributed by atoms with van der Waals surface area (Å²) in [6, 6.07) is 1.61. The molecule has 8 heteroatoms. The quantitative estimate of drug-likeness (QED) is 0.876. The standard InChI is InChI=1S/C10H12N4O2S2/c1-7-2-10(17-9(7)3-11)18(15,16)14-8-4-12-6-13-5-8/h2,4-6,14H,3,11H2,1H3. The lowest BCUT2D eigenvalue weighted by Crippen LogP contribution is -2.11. The molecule has 0 aliphatic carbocycles. The molecule has 96 valence electrons. The third-order valence-electron chi connectivity index (χ3n) is 2.26. The molecule has 0 aliphatic rings. The normalized spacial score (nSPS) is 11.4. The van der Waals surface area contributed by atoms with Crippen LogP contribution >= 0.6 is 11.3 Å². The maximum atomic E-state index is 12.1. The average Bonchev–Trinajstić information content (AvgIpc) is 2.72. The van der Waals surface area contributed by atoms with Crippen molar-refractivity contribution in [2.24, 2.45) is 5.73 Å². The van der Waals surface area contributed by atoms with E-state index in [9.17, 15) is 8.42 Å². The lowest BCUT2D eigenvalue weighted by molar-refractivity contribution is 0.603. The summed E-state index contributed by atoms with van der Waals surface area (Å²) in [5.74, 6) is 0. The fourth-order valence-electron chi connectivity index (χ4n) is 1.38. The minimum Gasteiger partial charge on any atom is -0.326 e. The predicted molar refractivity (Wildman–Crippen MR) is 69.8 cm³/mol. The number of nitrogens with zero attached hydrogens (tertiary/aromatic N) is 2. The van der Waals surface area contributed by atoms with Crippen LogP contribution in [0.4, 0.5) is 5.69 Å². The van der Waals surface area contributed by atoms with Crippen molar-refractivity contribution >= 4 is 27.0 Å². The monoisotopic (exact) mass is 284 g/mol. The Morgan fingerprint density at radius 1 is 1.39 bits per heavy atom. The van der Waals surface area contributed by atoms with Gasteiger partial charge in [0.15, 0.2) is 0 Å². The highest BCUT2D eigenvalue weighted by Crippen LogP contribution is 2.26. The van der Waals surface area contributed by atoms with Gasteiger partial charge in [-0.05, 0) is 18.6 Å². The summed E-state index contributed by atoms with van der Waals surface area (Å²) >= 11 is 1.17. The van der Waals surface area contributed by atoms with Crippen molar-refractivity contribution in [3.05, 3.63) is 35.2 Å². The zero-order valence-electron chi connectivity index (χ0n) is 9.62. The van der Waals surface area contributed by atoms with Crippen LogP contribution in [-0.2, 0) is 16.6 Å². The van der Waals surface area contributed by atoms with Gasteiger partial charge in [-0.3, -0.25) is 4.72 Å². The van der Waals surface area contributed by atoms with E-state index < -0.39 is 10.0 Å². The smallest absolute Gasteiger partial charge is 0.271 e. The molecule has 0 aromatic carbocycles. The van der Waals surface area contributed by atoms with Crippen LogP contribution < -0.4 is 10.5 Å². The predicted octanol–water partition coefficient (Wildman–Crippen LogP) is 1.11. The molecule has 2 rings (SSSR count). The fourth-order valence-corrected chi connectivity index (χ4v) is 3.88. The molecule has 18 heavy (non-hydrogen) atoms. The summed E-state index contributed by atoms with van der Waals surface area (Å²) in [4.78, 5) is 8.35. The van der Waals surface area contributed by atoms with Crippen LogP contribution in [0.25, 0.3) is 0 Å². The van der Waals surface area contributed by atoms with Gasteiger partial charge in [-0.25, -0.2) is 18.4 Å². The molecule has 0 saturated heterocycles. The van der Waals surface area contributed by atoms with Crippen LogP contribution in [0.15, 0.2) is 29.0 Å². The molecular weight excluding hydrogens is 272 g/mol. The second-order valence-electron chi connectivity index (χ2n) is 3.61. The summed E-state index contributed by atoms with van der Waals surface area (Å²) in [6.45, 7) is 2.17. The first-order valence-electron chi connectivity index (χ1n) is 5.10. The summed E-state index contributed by atoms with van der Waals surface area (Å²) in [5, 5.41) is 0. The molecule has 2 aromatic heterocycles. The molecule has 0 fully saturated rings. The largest absolute Gasteiger partial charge is 0.326 e. The van der Waals surface area contributed by atoms with E-state index in [0.29, 0.717) is 12.2 Å². The van der Waals surface area contributed by atoms with Gasteiger partial charge in [0.25, 0.3) is 10.0 Å². The maximum absolute atomic E-state index is 12.1. The Kier molecular flexibility index (Phi) is 3.60. The highest BCUT2D eigenvalue weighted by atomic mass is 32.2. The topological polar surface area (TPSA) is 98.0 Å². The molecule has 0 aliphatic heterocycles. The SMILES string of the molecule is Cc1cc(S(=O)(=O)Nc2cncnc2)sc1CN. The van der Waals surface area contributed by atoms with Gasteiger partial charge in [-0.15, -0.1) is 11.3 Å². The van der Waals surface area contributed by atoms with Crippen molar-refractivity contribution in [1.82, 2.24) is 9.97 Å². The van der Waals surface area contributed by atoms with Crippen molar-refractivity contribution in [1.29, 1.82) is 0 Å². The van der Waals surface area contributed by atoms with Gasteiger partial charge in [-0.2, -0.15) is 0 Å².